The summed E-state index contributed by atoms with van der Waals surface area (Å²) >= 11 is 0. The molecule has 0 fully saturated rings. The van der Waals surface area contributed by atoms with E-state index in [1.54, 1.807) is 0 Å². The van der Waals surface area contributed by atoms with Gasteiger partial charge in [0.05, 0.1) is 11.0 Å². The van der Waals surface area contributed by atoms with Crippen molar-refractivity contribution < 1.29 is 0 Å². The second kappa shape index (κ2) is 6.17. The maximum atomic E-state index is 4.88. The molecule has 0 N–H and O–H groups in total. The summed E-state index contributed by atoms with van der Waals surface area (Å²) in [6.45, 7) is 2.12. The Hall–Kier alpha value is -3.13. The molecule has 0 atom stereocenters. The van der Waals surface area contributed by atoms with E-state index >= 15 is 0 Å². The molecule has 0 saturated carbocycles. The molecule has 24 heavy (non-hydrogen) atoms. The molecular formula is C22H18N2. The highest BCUT2D eigenvalue weighted by Crippen LogP contribution is 2.26. The minimum absolute atomic E-state index is 0.978. The van der Waals surface area contributed by atoms with Crippen molar-refractivity contribution in [3.8, 4) is 5.69 Å². The summed E-state index contributed by atoms with van der Waals surface area (Å²) in [7, 11) is 0. The van der Waals surface area contributed by atoms with Crippen LogP contribution in [0.1, 0.15) is 18.3 Å². The lowest BCUT2D eigenvalue weighted by Gasteiger charge is -2.09. The van der Waals surface area contributed by atoms with Crippen molar-refractivity contribution in [1.82, 2.24) is 9.55 Å². The smallest absolute Gasteiger partial charge is 0.141 e. The maximum absolute atomic E-state index is 4.88. The number of rotatable bonds is 3. The molecule has 2 nitrogen and oxygen atoms in total. The predicted octanol–water partition coefficient (Wildman–Crippen LogP) is 5.59. The first-order valence-corrected chi connectivity index (χ1v) is 8.09. The summed E-state index contributed by atoms with van der Waals surface area (Å²) in [5.74, 6) is 0.978. The number of hydrogen-bond donors (Lipinski definition) is 0. The molecule has 4 aromatic rings. The lowest BCUT2D eigenvalue weighted by Crippen LogP contribution is -1.99. The Bertz CT molecular complexity index is 996. The van der Waals surface area contributed by atoms with Crippen LogP contribution in [0.5, 0.6) is 0 Å². The van der Waals surface area contributed by atoms with E-state index in [4.69, 9.17) is 4.98 Å². The van der Waals surface area contributed by atoms with E-state index in [1.807, 2.05) is 18.2 Å². The molecule has 0 bridgehead atoms. The number of hydrogen-bond acceptors (Lipinski definition) is 1. The first-order valence-electron chi connectivity index (χ1n) is 8.09. The average molecular weight is 310 g/mol. The van der Waals surface area contributed by atoms with Crippen LogP contribution in [0.2, 0.25) is 0 Å². The Labute approximate surface area is 141 Å². The fourth-order valence-electron chi connectivity index (χ4n) is 2.99. The van der Waals surface area contributed by atoms with Crippen LogP contribution in [-0.2, 0) is 0 Å². The standard InChI is InChI=1S/C22H18N2/c1-17(16-18-10-4-2-5-11-18)22-23-20-14-8-9-15-21(20)24(22)19-12-6-3-7-13-19/h2-16H,1H3/b17-16-. The topological polar surface area (TPSA) is 17.8 Å². The van der Waals surface area contributed by atoms with E-state index in [-0.39, 0.29) is 0 Å². The normalized spacial score (nSPS) is 11.8. The summed E-state index contributed by atoms with van der Waals surface area (Å²) in [5.41, 5.74) is 5.58. The summed E-state index contributed by atoms with van der Waals surface area (Å²) in [5, 5.41) is 0. The summed E-state index contributed by atoms with van der Waals surface area (Å²) in [4.78, 5) is 4.88. The molecule has 0 aliphatic carbocycles. The number of nitrogens with zero attached hydrogens (tertiary/aromatic N) is 2. The number of fused-ring (bicyclic) bond motifs is 1. The van der Waals surface area contributed by atoms with Gasteiger partial charge in [-0.2, -0.15) is 0 Å². The maximum Gasteiger partial charge on any atom is 0.141 e. The van der Waals surface area contributed by atoms with Gasteiger partial charge >= 0.3 is 0 Å². The fraction of sp³-hybridized carbons (Fsp3) is 0.0455. The first-order chi connectivity index (χ1) is 11.8. The lowest BCUT2D eigenvalue weighted by atomic mass is 10.1. The van der Waals surface area contributed by atoms with E-state index in [9.17, 15) is 0 Å². The van der Waals surface area contributed by atoms with Crippen molar-refractivity contribution in [1.29, 1.82) is 0 Å². The number of allylic oxidation sites excluding steroid dienone is 1. The van der Waals surface area contributed by atoms with Crippen LogP contribution >= 0.6 is 0 Å². The molecule has 1 heterocycles. The zero-order valence-corrected chi connectivity index (χ0v) is 13.6. The molecule has 0 saturated heterocycles. The highest BCUT2D eigenvalue weighted by molar-refractivity contribution is 5.86. The zero-order valence-electron chi connectivity index (χ0n) is 13.6. The second-order valence-electron chi connectivity index (χ2n) is 5.83. The summed E-state index contributed by atoms with van der Waals surface area (Å²) in [6, 6.07) is 29.0. The molecule has 1 aromatic heterocycles. The van der Waals surface area contributed by atoms with Gasteiger partial charge in [-0.1, -0.05) is 60.7 Å². The van der Waals surface area contributed by atoms with Crippen molar-refractivity contribution >= 4 is 22.7 Å². The number of imidazole rings is 1. The Morgan fingerprint density at radius 3 is 2.17 bits per heavy atom. The van der Waals surface area contributed by atoms with Gasteiger partial charge < -0.3 is 0 Å². The SMILES string of the molecule is C/C(=C/c1ccccc1)c1nc2ccccc2n1-c1ccccc1. The van der Waals surface area contributed by atoms with Crippen molar-refractivity contribution in [2.45, 2.75) is 6.92 Å². The van der Waals surface area contributed by atoms with E-state index in [0.717, 1.165) is 28.1 Å². The van der Waals surface area contributed by atoms with E-state index in [1.165, 1.54) is 5.56 Å². The van der Waals surface area contributed by atoms with Crippen LogP contribution in [0, 0.1) is 0 Å². The van der Waals surface area contributed by atoms with Gasteiger partial charge in [-0.15, -0.1) is 0 Å². The third kappa shape index (κ3) is 2.63. The second-order valence-corrected chi connectivity index (χ2v) is 5.83. The van der Waals surface area contributed by atoms with E-state index in [0.29, 0.717) is 0 Å². The minimum Gasteiger partial charge on any atom is -0.293 e. The molecular weight excluding hydrogens is 292 g/mol. The predicted molar refractivity (Wildman–Crippen MR) is 101 cm³/mol. The first kappa shape index (κ1) is 14.5. The van der Waals surface area contributed by atoms with Gasteiger partial charge in [-0.3, -0.25) is 4.57 Å². The van der Waals surface area contributed by atoms with Gasteiger partial charge in [0.1, 0.15) is 5.82 Å². The van der Waals surface area contributed by atoms with E-state index < -0.39 is 0 Å². The number of benzene rings is 3. The van der Waals surface area contributed by atoms with Gasteiger partial charge in [-0.25, -0.2) is 4.98 Å². The van der Waals surface area contributed by atoms with E-state index in [2.05, 4.69) is 84.3 Å². The van der Waals surface area contributed by atoms with Crippen LogP contribution in [-0.4, -0.2) is 9.55 Å². The number of aromatic nitrogens is 2. The minimum atomic E-state index is 0.978. The van der Waals surface area contributed by atoms with Crippen molar-refractivity contribution in [2.24, 2.45) is 0 Å². The zero-order chi connectivity index (χ0) is 16.4. The Morgan fingerprint density at radius 2 is 1.42 bits per heavy atom. The van der Waals surface area contributed by atoms with Gasteiger partial charge in [0.2, 0.25) is 0 Å². The van der Waals surface area contributed by atoms with Gasteiger partial charge in [0, 0.05) is 5.69 Å². The molecule has 0 spiro atoms. The van der Waals surface area contributed by atoms with Gasteiger partial charge in [0.15, 0.2) is 0 Å². The highest BCUT2D eigenvalue weighted by atomic mass is 15.1. The summed E-state index contributed by atoms with van der Waals surface area (Å²) < 4.78 is 2.23. The molecule has 116 valence electrons. The molecule has 3 aromatic carbocycles. The van der Waals surface area contributed by atoms with Crippen molar-refractivity contribution in [3.05, 3.63) is 96.3 Å². The molecule has 0 amide bonds. The summed E-state index contributed by atoms with van der Waals surface area (Å²) in [6.07, 6.45) is 2.18. The van der Waals surface area contributed by atoms with Gasteiger partial charge in [-0.05, 0) is 48.4 Å². The van der Waals surface area contributed by atoms with Crippen LogP contribution in [0.3, 0.4) is 0 Å². The molecule has 2 heteroatoms. The van der Waals surface area contributed by atoms with Crippen LogP contribution in [0.15, 0.2) is 84.9 Å². The Balaban J connectivity index is 1.94. The van der Waals surface area contributed by atoms with Crippen molar-refractivity contribution in [2.75, 3.05) is 0 Å². The molecule has 4 rings (SSSR count). The van der Waals surface area contributed by atoms with Crippen LogP contribution in [0.25, 0.3) is 28.4 Å². The largest absolute Gasteiger partial charge is 0.293 e. The van der Waals surface area contributed by atoms with Gasteiger partial charge in [0.25, 0.3) is 0 Å². The third-order valence-corrected chi connectivity index (χ3v) is 4.11. The van der Waals surface area contributed by atoms with Crippen molar-refractivity contribution in [3.63, 3.8) is 0 Å². The molecule has 0 unspecified atom stereocenters. The number of para-hydroxylation sites is 3. The Kier molecular flexibility index (Phi) is 3.72. The molecule has 0 aliphatic rings. The van der Waals surface area contributed by atoms with Crippen LogP contribution < -0.4 is 0 Å². The lowest BCUT2D eigenvalue weighted by molar-refractivity contribution is 1.05. The monoisotopic (exact) mass is 310 g/mol. The third-order valence-electron chi connectivity index (χ3n) is 4.11. The highest BCUT2D eigenvalue weighted by Gasteiger charge is 2.13. The Morgan fingerprint density at radius 1 is 0.792 bits per heavy atom. The average Bonchev–Trinajstić information content (AvgIpc) is 3.03. The molecule has 0 aliphatic heterocycles. The van der Waals surface area contributed by atoms with Crippen LogP contribution in [0.4, 0.5) is 0 Å². The quantitative estimate of drug-likeness (QED) is 0.482. The fourth-order valence-corrected chi connectivity index (χ4v) is 2.99. The molecule has 0 radical (unpaired) electrons.